The second kappa shape index (κ2) is 8.66. The van der Waals surface area contributed by atoms with Gasteiger partial charge in [0.15, 0.2) is 0 Å². The maximum atomic E-state index is 12.6. The number of halogens is 1. The number of carbonyl (C=O) groups excluding carboxylic acids is 2. The highest BCUT2D eigenvalue weighted by atomic mass is 79.9. The Bertz CT molecular complexity index is 1100. The molecule has 1 aromatic heterocycles. The van der Waals surface area contributed by atoms with Gasteiger partial charge >= 0.3 is 5.97 Å². The van der Waals surface area contributed by atoms with E-state index in [1.165, 1.54) is 24.4 Å². The van der Waals surface area contributed by atoms with Crippen molar-refractivity contribution in [2.24, 2.45) is 0 Å². The first-order valence-electron chi connectivity index (χ1n) is 8.52. The highest BCUT2D eigenvalue weighted by molar-refractivity contribution is 9.10. The molecule has 1 heterocycles. The third kappa shape index (κ3) is 5.05. The van der Waals surface area contributed by atoms with Crippen LogP contribution in [0.15, 0.2) is 65.3 Å². The minimum atomic E-state index is -1.16. The molecule has 3 rings (SSSR count). The van der Waals surface area contributed by atoms with E-state index in [4.69, 9.17) is 0 Å². The Morgan fingerprint density at radius 3 is 2.38 bits per heavy atom. The summed E-state index contributed by atoms with van der Waals surface area (Å²) >= 11 is 3.21. The van der Waals surface area contributed by atoms with Crippen LogP contribution in [0.3, 0.4) is 0 Å². The van der Waals surface area contributed by atoms with Crippen LogP contribution in [0.4, 0.5) is 11.4 Å². The summed E-state index contributed by atoms with van der Waals surface area (Å²) < 4.78 is 0.586. The van der Waals surface area contributed by atoms with E-state index in [1.54, 1.807) is 36.4 Å². The van der Waals surface area contributed by atoms with Crippen molar-refractivity contribution in [1.82, 2.24) is 4.98 Å². The van der Waals surface area contributed by atoms with Crippen molar-refractivity contribution in [1.29, 1.82) is 0 Å². The number of aromatic nitrogens is 1. The summed E-state index contributed by atoms with van der Waals surface area (Å²) in [5.74, 6) is -2.01. The summed E-state index contributed by atoms with van der Waals surface area (Å²) in [4.78, 5) is 40.4. The van der Waals surface area contributed by atoms with Crippen LogP contribution in [0, 0.1) is 6.92 Å². The number of hydrogen-bond donors (Lipinski definition) is 3. The zero-order chi connectivity index (χ0) is 21.0. The molecule has 0 atom stereocenters. The predicted octanol–water partition coefficient (Wildman–Crippen LogP) is 4.36. The van der Waals surface area contributed by atoms with E-state index in [2.05, 4.69) is 31.5 Å². The zero-order valence-electron chi connectivity index (χ0n) is 15.3. The van der Waals surface area contributed by atoms with Gasteiger partial charge in [-0.3, -0.25) is 14.6 Å². The fourth-order valence-electron chi connectivity index (χ4n) is 2.54. The van der Waals surface area contributed by atoms with Gasteiger partial charge in [-0.1, -0.05) is 22.0 Å². The fraction of sp³-hybridized carbons (Fsp3) is 0.0476. The quantitative estimate of drug-likeness (QED) is 0.531. The summed E-state index contributed by atoms with van der Waals surface area (Å²) in [5.41, 5.74) is 2.02. The van der Waals surface area contributed by atoms with E-state index in [1.807, 2.05) is 6.92 Å². The number of aromatic carboxylic acids is 1. The van der Waals surface area contributed by atoms with Gasteiger partial charge in [-0.25, -0.2) is 4.79 Å². The molecule has 2 amide bonds. The summed E-state index contributed by atoms with van der Waals surface area (Å²) in [7, 11) is 0. The standard InChI is InChI=1S/C21H16BrN3O4/c1-12-5-6-14(11-23-12)20(27)24-16-4-2-3-13(9-16)19(26)25-18-8-7-15(22)10-17(18)21(28)29/h2-11H,1H3,(H,24,27)(H,25,26)(H,28,29). The summed E-state index contributed by atoms with van der Waals surface area (Å²) in [5, 5.41) is 14.6. The molecule has 3 aromatic rings. The Morgan fingerprint density at radius 1 is 0.931 bits per heavy atom. The SMILES string of the molecule is Cc1ccc(C(=O)Nc2cccc(C(=O)Nc3ccc(Br)cc3C(=O)O)c2)cn1. The van der Waals surface area contributed by atoms with Crippen LogP contribution in [0.25, 0.3) is 0 Å². The average Bonchev–Trinajstić information content (AvgIpc) is 2.69. The number of hydrogen-bond acceptors (Lipinski definition) is 4. The lowest BCUT2D eigenvalue weighted by molar-refractivity contribution is 0.0697. The van der Waals surface area contributed by atoms with Crippen molar-refractivity contribution in [2.45, 2.75) is 6.92 Å². The smallest absolute Gasteiger partial charge is 0.337 e. The van der Waals surface area contributed by atoms with Crippen molar-refractivity contribution in [3.8, 4) is 0 Å². The Kier molecular flexibility index (Phi) is 6.04. The first-order chi connectivity index (χ1) is 13.8. The zero-order valence-corrected chi connectivity index (χ0v) is 16.9. The molecule has 0 bridgehead atoms. The van der Waals surface area contributed by atoms with Gasteiger partial charge in [0.2, 0.25) is 0 Å². The van der Waals surface area contributed by atoms with Gasteiger partial charge in [0.1, 0.15) is 0 Å². The number of benzene rings is 2. The van der Waals surface area contributed by atoms with E-state index < -0.39 is 11.9 Å². The van der Waals surface area contributed by atoms with Crippen LogP contribution in [0.2, 0.25) is 0 Å². The van der Waals surface area contributed by atoms with Crippen molar-refractivity contribution in [3.63, 3.8) is 0 Å². The number of amides is 2. The summed E-state index contributed by atoms with van der Waals surface area (Å²) in [6.07, 6.45) is 1.47. The second-order valence-electron chi connectivity index (χ2n) is 6.17. The lowest BCUT2D eigenvalue weighted by Crippen LogP contribution is -2.16. The van der Waals surface area contributed by atoms with Crippen molar-refractivity contribution in [3.05, 3.63) is 87.7 Å². The van der Waals surface area contributed by atoms with Crippen molar-refractivity contribution >= 4 is 45.1 Å². The molecule has 0 saturated heterocycles. The Balaban J connectivity index is 1.77. The molecule has 0 unspecified atom stereocenters. The molecular formula is C21H16BrN3O4. The Hall–Kier alpha value is -3.52. The molecular weight excluding hydrogens is 438 g/mol. The molecule has 3 N–H and O–H groups in total. The van der Waals surface area contributed by atoms with Gasteiger partial charge in [0, 0.05) is 27.6 Å². The number of rotatable bonds is 5. The monoisotopic (exact) mass is 453 g/mol. The topological polar surface area (TPSA) is 108 Å². The van der Waals surface area contributed by atoms with Gasteiger partial charge in [-0.2, -0.15) is 0 Å². The number of pyridine rings is 1. The summed E-state index contributed by atoms with van der Waals surface area (Å²) in [6, 6.07) is 14.3. The minimum absolute atomic E-state index is 0.0379. The molecule has 0 aliphatic rings. The van der Waals surface area contributed by atoms with Crippen molar-refractivity contribution < 1.29 is 19.5 Å². The van der Waals surface area contributed by atoms with E-state index in [0.29, 0.717) is 15.7 Å². The third-order valence-corrected chi connectivity index (χ3v) is 4.51. The molecule has 0 fully saturated rings. The van der Waals surface area contributed by atoms with Gasteiger partial charge in [-0.15, -0.1) is 0 Å². The first-order valence-corrected chi connectivity index (χ1v) is 9.31. The average molecular weight is 454 g/mol. The number of aryl methyl sites for hydroxylation is 1. The number of anilines is 2. The minimum Gasteiger partial charge on any atom is -0.478 e. The molecule has 0 saturated carbocycles. The highest BCUT2D eigenvalue weighted by Gasteiger charge is 2.15. The van der Waals surface area contributed by atoms with Crippen molar-refractivity contribution in [2.75, 3.05) is 10.6 Å². The number of nitrogens with zero attached hydrogens (tertiary/aromatic N) is 1. The molecule has 0 spiro atoms. The first kappa shape index (κ1) is 20.2. The fourth-order valence-corrected chi connectivity index (χ4v) is 2.90. The molecule has 2 aromatic carbocycles. The highest BCUT2D eigenvalue weighted by Crippen LogP contribution is 2.22. The molecule has 146 valence electrons. The maximum absolute atomic E-state index is 12.6. The van der Waals surface area contributed by atoms with E-state index in [0.717, 1.165) is 5.69 Å². The largest absolute Gasteiger partial charge is 0.478 e. The molecule has 0 aliphatic heterocycles. The van der Waals surface area contributed by atoms with Crippen LogP contribution in [0.1, 0.15) is 36.8 Å². The number of nitrogens with one attached hydrogen (secondary N) is 2. The van der Waals surface area contributed by atoms with Crippen LogP contribution < -0.4 is 10.6 Å². The van der Waals surface area contributed by atoms with Gasteiger partial charge in [0.05, 0.1) is 16.8 Å². The lowest BCUT2D eigenvalue weighted by atomic mass is 10.1. The van der Waals surface area contributed by atoms with Gasteiger partial charge in [0.25, 0.3) is 11.8 Å². The number of carbonyl (C=O) groups is 3. The van der Waals surface area contributed by atoms with Crippen LogP contribution in [0.5, 0.6) is 0 Å². The van der Waals surface area contributed by atoms with Gasteiger partial charge in [-0.05, 0) is 55.5 Å². The predicted molar refractivity (Wildman–Crippen MR) is 112 cm³/mol. The molecule has 8 heteroatoms. The van der Waals surface area contributed by atoms with E-state index in [9.17, 15) is 19.5 Å². The molecule has 7 nitrogen and oxygen atoms in total. The molecule has 29 heavy (non-hydrogen) atoms. The van der Waals surface area contributed by atoms with E-state index in [-0.39, 0.29) is 22.7 Å². The number of carboxylic acids is 1. The van der Waals surface area contributed by atoms with Crippen LogP contribution >= 0.6 is 15.9 Å². The normalized spacial score (nSPS) is 10.3. The molecule has 0 radical (unpaired) electrons. The van der Waals surface area contributed by atoms with Gasteiger partial charge < -0.3 is 15.7 Å². The van der Waals surface area contributed by atoms with E-state index >= 15 is 0 Å². The maximum Gasteiger partial charge on any atom is 0.337 e. The Labute approximate surface area is 174 Å². The summed E-state index contributed by atoms with van der Waals surface area (Å²) in [6.45, 7) is 1.82. The molecule has 0 aliphatic carbocycles. The second-order valence-corrected chi connectivity index (χ2v) is 7.09. The number of carboxylic acid groups (broad SMARTS) is 1. The van der Waals surface area contributed by atoms with Crippen LogP contribution in [-0.2, 0) is 0 Å². The lowest BCUT2D eigenvalue weighted by Gasteiger charge is -2.10. The van der Waals surface area contributed by atoms with Crippen LogP contribution in [-0.4, -0.2) is 27.9 Å². The third-order valence-electron chi connectivity index (χ3n) is 4.02. The Morgan fingerprint density at radius 2 is 1.69 bits per heavy atom.